The monoisotopic (exact) mass is 671 g/mol. The molecule has 0 spiro atoms. The molecule has 2 amide bonds. The van der Waals surface area contributed by atoms with Crippen molar-refractivity contribution >= 4 is 73.9 Å². The SMILES string of the molecule is CC[C@H](C(=O)NC(C)(C)C)N(Cc1ccc(Cl)c(Cl)c1)C(=O)CN(c1cc(Cl)ccc1Cl)S(=O)(=O)c1ccc(C)cc1. The summed E-state index contributed by atoms with van der Waals surface area (Å²) in [5.41, 5.74) is 0.923. The van der Waals surface area contributed by atoms with E-state index in [4.69, 9.17) is 46.4 Å². The van der Waals surface area contributed by atoms with E-state index in [-0.39, 0.29) is 44.5 Å². The van der Waals surface area contributed by atoms with Gasteiger partial charge < -0.3 is 10.2 Å². The fourth-order valence-corrected chi connectivity index (χ4v) is 6.42. The lowest BCUT2D eigenvalue weighted by molar-refractivity contribution is -0.141. The van der Waals surface area contributed by atoms with Crippen LogP contribution in [0, 0.1) is 6.92 Å². The Morgan fingerprint density at radius 3 is 2.07 bits per heavy atom. The van der Waals surface area contributed by atoms with Crippen molar-refractivity contribution in [2.45, 2.75) is 64.1 Å². The standard InChI is InChI=1S/C30H33Cl4N3O4S/c1-6-26(29(39)35-30(3,4)5)36(17-20-9-13-23(32)25(34)15-20)28(38)18-37(27-16-21(31)10-14-24(27)33)42(40,41)22-11-7-19(2)8-12-22/h7-16,26H,6,17-18H2,1-5H3,(H,35,39)/t26-/m1/s1. The number of hydrogen-bond donors (Lipinski definition) is 1. The number of halogens is 4. The van der Waals surface area contributed by atoms with Gasteiger partial charge in [-0.05, 0) is 82.1 Å². The number of rotatable bonds is 10. The van der Waals surface area contributed by atoms with Gasteiger partial charge in [0.2, 0.25) is 11.8 Å². The molecule has 1 N–H and O–H groups in total. The van der Waals surface area contributed by atoms with E-state index >= 15 is 0 Å². The van der Waals surface area contributed by atoms with E-state index in [0.717, 1.165) is 9.87 Å². The van der Waals surface area contributed by atoms with Gasteiger partial charge in [0.25, 0.3) is 10.0 Å². The van der Waals surface area contributed by atoms with Crippen molar-refractivity contribution in [1.29, 1.82) is 0 Å². The molecule has 0 radical (unpaired) electrons. The molecule has 0 saturated carbocycles. The highest BCUT2D eigenvalue weighted by Gasteiger charge is 2.35. The molecule has 0 unspecified atom stereocenters. The molecule has 3 rings (SSSR count). The largest absolute Gasteiger partial charge is 0.350 e. The van der Waals surface area contributed by atoms with Crippen molar-refractivity contribution in [3.63, 3.8) is 0 Å². The summed E-state index contributed by atoms with van der Waals surface area (Å²) in [5, 5.41) is 3.85. The number of carbonyl (C=O) groups excluding carboxylic acids is 2. The molecule has 226 valence electrons. The Morgan fingerprint density at radius 2 is 1.50 bits per heavy atom. The van der Waals surface area contributed by atoms with Gasteiger partial charge in [-0.2, -0.15) is 0 Å². The van der Waals surface area contributed by atoms with E-state index < -0.39 is 34.1 Å². The minimum Gasteiger partial charge on any atom is -0.350 e. The van der Waals surface area contributed by atoms with Gasteiger partial charge in [-0.1, -0.05) is 77.1 Å². The lowest BCUT2D eigenvalue weighted by Crippen LogP contribution is -2.55. The zero-order chi connectivity index (χ0) is 31.4. The van der Waals surface area contributed by atoms with Crippen LogP contribution in [0.25, 0.3) is 0 Å². The molecule has 7 nitrogen and oxygen atoms in total. The average molecular weight is 673 g/mol. The first kappa shape index (κ1) is 34.0. The zero-order valence-corrected chi connectivity index (χ0v) is 27.8. The van der Waals surface area contributed by atoms with Crippen LogP contribution in [0.2, 0.25) is 20.1 Å². The zero-order valence-electron chi connectivity index (χ0n) is 23.9. The van der Waals surface area contributed by atoms with Gasteiger partial charge in [-0.25, -0.2) is 8.42 Å². The van der Waals surface area contributed by atoms with Crippen molar-refractivity contribution in [3.05, 3.63) is 91.9 Å². The van der Waals surface area contributed by atoms with Gasteiger partial charge in [0.1, 0.15) is 12.6 Å². The number of hydrogen-bond acceptors (Lipinski definition) is 4. The Morgan fingerprint density at radius 1 is 0.881 bits per heavy atom. The van der Waals surface area contributed by atoms with Crippen LogP contribution in [0.3, 0.4) is 0 Å². The molecule has 42 heavy (non-hydrogen) atoms. The van der Waals surface area contributed by atoms with Crippen molar-refractivity contribution in [2.24, 2.45) is 0 Å². The first-order valence-corrected chi connectivity index (χ1v) is 16.1. The number of aryl methyl sites for hydroxylation is 1. The van der Waals surface area contributed by atoms with Crippen LogP contribution in [0.1, 0.15) is 45.2 Å². The molecular weight excluding hydrogens is 640 g/mol. The Hall–Kier alpha value is -2.49. The maximum atomic E-state index is 14.2. The predicted molar refractivity (Wildman–Crippen MR) is 171 cm³/mol. The van der Waals surface area contributed by atoms with Crippen LogP contribution in [-0.2, 0) is 26.2 Å². The Labute approximate surface area is 267 Å². The third-order valence-electron chi connectivity index (χ3n) is 6.29. The van der Waals surface area contributed by atoms with Crippen LogP contribution in [0.5, 0.6) is 0 Å². The summed E-state index contributed by atoms with van der Waals surface area (Å²) in [7, 11) is -4.30. The van der Waals surface area contributed by atoms with Crippen molar-refractivity contribution in [3.8, 4) is 0 Å². The highest BCUT2D eigenvalue weighted by Crippen LogP contribution is 2.33. The molecule has 0 aliphatic rings. The van der Waals surface area contributed by atoms with E-state index in [2.05, 4.69) is 5.32 Å². The second-order valence-electron chi connectivity index (χ2n) is 10.9. The molecule has 0 aromatic heterocycles. The molecule has 0 aliphatic carbocycles. The maximum Gasteiger partial charge on any atom is 0.264 e. The quantitative estimate of drug-likeness (QED) is 0.241. The average Bonchev–Trinajstić information content (AvgIpc) is 2.89. The molecule has 0 aliphatic heterocycles. The molecule has 0 fully saturated rings. The maximum absolute atomic E-state index is 14.2. The third-order valence-corrected chi connectivity index (χ3v) is 9.35. The Balaban J connectivity index is 2.13. The Bertz CT molecular complexity index is 1560. The lowest BCUT2D eigenvalue weighted by Gasteiger charge is -2.35. The molecule has 0 bridgehead atoms. The molecule has 3 aromatic rings. The Kier molecular flexibility index (Phi) is 11.2. The number of benzene rings is 3. The first-order valence-electron chi connectivity index (χ1n) is 13.1. The van der Waals surface area contributed by atoms with Gasteiger partial charge in [0.15, 0.2) is 0 Å². The van der Waals surface area contributed by atoms with E-state index in [1.54, 1.807) is 37.3 Å². The highest BCUT2D eigenvalue weighted by molar-refractivity contribution is 7.92. The van der Waals surface area contributed by atoms with Gasteiger partial charge in [-0.15, -0.1) is 0 Å². The second-order valence-corrected chi connectivity index (χ2v) is 14.4. The van der Waals surface area contributed by atoms with Crippen LogP contribution < -0.4 is 9.62 Å². The van der Waals surface area contributed by atoms with Crippen LogP contribution >= 0.6 is 46.4 Å². The van der Waals surface area contributed by atoms with Crippen LogP contribution in [0.15, 0.2) is 65.6 Å². The van der Waals surface area contributed by atoms with E-state index in [9.17, 15) is 18.0 Å². The summed E-state index contributed by atoms with van der Waals surface area (Å²) >= 11 is 25.1. The summed E-state index contributed by atoms with van der Waals surface area (Å²) in [6.07, 6.45) is 0.262. The number of nitrogens with one attached hydrogen (secondary N) is 1. The van der Waals surface area contributed by atoms with Gasteiger partial charge in [0, 0.05) is 17.1 Å². The second kappa shape index (κ2) is 13.9. The number of sulfonamides is 1. The minimum absolute atomic E-state index is 0.0276. The van der Waals surface area contributed by atoms with Crippen LogP contribution in [-0.4, -0.2) is 43.3 Å². The fraction of sp³-hybridized carbons (Fsp3) is 0.333. The van der Waals surface area contributed by atoms with Crippen molar-refractivity contribution < 1.29 is 18.0 Å². The normalized spacial score (nSPS) is 12.5. The fourth-order valence-electron chi connectivity index (χ4n) is 4.23. The number of anilines is 1. The summed E-state index contributed by atoms with van der Waals surface area (Å²) in [6, 6.07) is 14.6. The third kappa shape index (κ3) is 8.54. The molecular formula is C30H33Cl4N3O4S. The number of carbonyl (C=O) groups is 2. The van der Waals surface area contributed by atoms with Gasteiger partial charge in [-0.3, -0.25) is 13.9 Å². The smallest absolute Gasteiger partial charge is 0.264 e. The van der Waals surface area contributed by atoms with Gasteiger partial charge >= 0.3 is 0 Å². The predicted octanol–water partition coefficient (Wildman–Crippen LogP) is 7.53. The summed E-state index contributed by atoms with van der Waals surface area (Å²) in [6.45, 7) is 8.42. The molecule has 0 saturated heterocycles. The number of amides is 2. The number of nitrogens with zero attached hydrogens (tertiary/aromatic N) is 2. The topological polar surface area (TPSA) is 86.8 Å². The highest BCUT2D eigenvalue weighted by atomic mass is 35.5. The minimum atomic E-state index is -4.30. The van der Waals surface area contributed by atoms with Gasteiger partial charge in [0.05, 0.1) is 25.7 Å². The molecule has 3 aromatic carbocycles. The van der Waals surface area contributed by atoms with E-state index in [0.29, 0.717) is 10.6 Å². The summed E-state index contributed by atoms with van der Waals surface area (Å²) in [4.78, 5) is 28.9. The molecule has 12 heteroatoms. The van der Waals surface area contributed by atoms with E-state index in [1.165, 1.54) is 35.2 Å². The van der Waals surface area contributed by atoms with Crippen LogP contribution in [0.4, 0.5) is 5.69 Å². The molecule has 0 heterocycles. The lowest BCUT2D eigenvalue weighted by atomic mass is 10.1. The summed E-state index contributed by atoms with van der Waals surface area (Å²) in [5.74, 6) is -1.02. The van der Waals surface area contributed by atoms with Crippen molar-refractivity contribution in [1.82, 2.24) is 10.2 Å². The van der Waals surface area contributed by atoms with Crippen molar-refractivity contribution in [2.75, 3.05) is 10.8 Å². The van der Waals surface area contributed by atoms with E-state index in [1.807, 2.05) is 27.7 Å². The first-order chi connectivity index (χ1) is 19.5. The summed E-state index contributed by atoms with van der Waals surface area (Å²) < 4.78 is 28.9. The molecule has 1 atom stereocenters.